The second-order valence-corrected chi connectivity index (χ2v) is 8.64. The third kappa shape index (κ3) is 4.31. The summed E-state index contributed by atoms with van der Waals surface area (Å²) in [5.41, 5.74) is 4.75. The molecule has 2 aromatic rings. The molecule has 0 spiro atoms. The Hall–Kier alpha value is -2.37. The van der Waals surface area contributed by atoms with E-state index in [9.17, 15) is 0 Å². The Morgan fingerprint density at radius 2 is 1.86 bits per heavy atom. The van der Waals surface area contributed by atoms with Crippen LogP contribution in [0.2, 0.25) is 0 Å². The van der Waals surface area contributed by atoms with Gasteiger partial charge in [0.05, 0.1) is 19.3 Å². The summed E-state index contributed by atoms with van der Waals surface area (Å²) < 4.78 is 11.4. The summed E-state index contributed by atoms with van der Waals surface area (Å²) in [7, 11) is 1.69. The lowest BCUT2D eigenvalue weighted by molar-refractivity contribution is -0.0246. The van der Waals surface area contributed by atoms with Crippen molar-refractivity contribution in [1.82, 2.24) is 10.2 Å². The van der Waals surface area contributed by atoms with Crippen LogP contribution in [0.4, 0.5) is 0 Å². The van der Waals surface area contributed by atoms with Gasteiger partial charge in [-0.3, -0.25) is 0 Å². The van der Waals surface area contributed by atoms with Gasteiger partial charge in [0.2, 0.25) is 0 Å². The zero-order valence-corrected chi connectivity index (χ0v) is 18.1. The maximum atomic E-state index is 6.06. The molecule has 0 bridgehead atoms. The zero-order chi connectivity index (χ0) is 20.4. The normalized spacial score (nSPS) is 20.9. The van der Waals surface area contributed by atoms with Crippen LogP contribution in [0.25, 0.3) is 0 Å². The van der Waals surface area contributed by atoms with Crippen molar-refractivity contribution < 1.29 is 9.47 Å². The fourth-order valence-electron chi connectivity index (χ4n) is 4.04. The molecule has 2 aromatic carbocycles. The minimum absolute atomic E-state index is 0.00442. The third-order valence-corrected chi connectivity index (χ3v) is 6.03. The van der Waals surface area contributed by atoms with Gasteiger partial charge in [0.25, 0.3) is 0 Å². The van der Waals surface area contributed by atoms with Gasteiger partial charge < -0.3 is 19.7 Å². The fraction of sp³-hybridized carbons (Fsp3) is 0.375. The van der Waals surface area contributed by atoms with Crippen molar-refractivity contribution in [3.05, 3.63) is 77.0 Å². The molecule has 4 rings (SSSR count). The van der Waals surface area contributed by atoms with Gasteiger partial charge in [-0.25, -0.2) is 0 Å². The molecular weight excluding hydrogens is 380 g/mol. The van der Waals surface area contributed by atoms with Crippen molar-refractivity contribution in [1.29, 1.82) is 0 Å². The van der Waals surface area contributed by atoms with Gasteiger partial charge in [0.1, 0.15) is 16.9 Å². The van der Waals surface area contributed by atoms with Gasteiger partial charge in [-0.05, 0) is 43.5 Å². The largest absolute Gasteiger partial charge is 0.497 e. The first-order valence-corrected chi connectivity index (χ1v) is 10.5. The summed E-state index contributed by atoms with van der Waals surface area (Å²) in [6, 6.07) is 18.9. The predicted molar refractivity (Wildman–Crippen MR) is 120 cm³/mol. The van der Waals surface area contributed by atoms with E-state index in [0.29, 0.717) is 6.61 Å². The molecule has 0 unspecified atom stereocenters. The molecule has 0 aliphatic carbocycles. The molecule has 29 heavy (non-hydrogen) atoms. The number of rotatable bonds is 5. The van der Waals surface area contributed by atoms with E-state index < -0.39 is 0 Å². The monoisotopic (exact) mass is 408 g/mol. The summed E-state index contributed by atoms with van der Waals surface area (Å²) in [5.74, 6) is 0.857. The van der Waals surface area contributed by atoms with E-state index >= 15 is 0 Å². The minimum Gasteiger partial charge on any atom is -0.497 e. The van der Waals surface area contributed by atoms with Crippen LogP contribution in [0.3, 0.4) is 0 Å². The van der Waals surface area contributed by atoms with E-state index in [0.717, 1.165) is 35.7 Å². The van der Waals surface area contributed by atoms with Crippen LogP contribution in [0.1, 0.15) is 37.6 Å². The van der Waals surface area contributed by atoms with Gasteiger partial charge in [0, 0.05) is 24.2 Å². The average Bonchev–Trinajstić information content (AvgIpc) is 2.73. The number of nitrogens with zero attached hydrogens (tertiary/aromatic N) is 1. The van der Waals surface area contributed by atoms with Gasteiger partial charge in [-0.1, -0.05) is 54.7 Å². The molecule has 1 N–H and O–H groups in total. The van der Waals surface area contributed by atoms with E-state index in [4.69, 9.17) is 21.7 Å². The van der Waals surface area contributed by atoms with Crippen LogP contribution in [0, 0.1) is 0 Å². The Kier molecular flexibility index (Phi) is 5.61. The Morgan fingerprint density at radius 3 is 2.55 bits per heavy atom. The minimum atomic E-state index is -0.193. The number of nitrogens with one attached hydrogen (secondary N) is 1. The van der Waals surface area contributed by atoms with Gasteiger partial charge in [0.15, 0.2) is 0 Å². The third-order valence-electron chi connectivity index (χ3n) is 5.66. The number of ether oxygens (including phenoxy) is 2. The Morgan fingerprint density at radius 1 is 1.14 bits per heavy atom. The summed E-state index contributed by atoms with van der Waals surface area (Å²) in [6.07, 6.45) is 1.83. The van der Waals surface area contributed by atoms with Crippen molar-refractivity contribution in [3.8, 4) is 5.75 Å². The number of methoxy groups -OCH3 is 1. The van der Waals surface area contributed by atoms with Crippen LogP contribution in [-0.2, 0) is 11.2 Å². The SMILES string of the molecule is COc1ccc([C@@H]2NC(=S)C3=C(CC(C)(C)OC3)N2CCc2ccccc2)cc1. The highest BCUT2D eigenvalue weighted by atomic mass is 32.1. The molecule has 4 nitrogen and oxygen atoms in total. The number of benzene rings is 2. The molecule has 0 fully saturated rings. The summed E-state index contributed by atoms with van der Waals surface area (Å²) in [5, 5.41) is 3.56. The van der Waals surface area contributed by atoms with Crippen molar-refractivity contribution in [2.75, 3.05) is 20.3 Å². The van der Waals surface area contributed by atoms with Crippen molar-refractivity contribution >= 4 is 17.2 Å². The maximum Gasteiger partial charge on any atom is 0.126 e. The summed E-state index contributed by atoms with van der Waals surface area (Å²) >= 11 is 5.73. The molecule has 0 radical (unpaired) electrons. The Labute approximate surface area is 178 Å². The standard InChI is InChI=1S/C24H28N2O2S/c1-24(2)15-21-20(16-28-24)23(29)25-22(18-9-11-19(27-3)12-10-18)26(21)14-13-17-7-5-4-6-8-17/h4-12,22H,13-16H2,1-3H3,(H,25,29)/t22-/m1/s1. The summed E-state index contributed by atoms with van der Waals surface area (Å²) in [4.78, 5) is 3.27. The van der Waals surface area contributed by atoms with Gasteiger partial charge in [-0.15, -0.1) is 0 Å². The van der Waals surface area contributed by atoms with E-state index in [2.05, 4.69) is 66.5 Å². The summed E-state index contributed by atoms with van der Waals surface area (Å²) in [6.45, 7) is 5.77. The number of thiocarbonyl (C=S) groups is 1. The molecule has 0 saturated carbocycles. The molecule has 5 heteroatoms. The molecule has 0 amide bonds. The first kappa shape index (κ1) is 19.9. The fourth-order valence-corrected chi connectivity index (χ4v) is 4.32. The van der Waals surface area contributed by atoms with Crippen LogP contribution < -0.4 is 10.1 Å². The Bertz CT molecular complexity index is 906. The first-order valence-electron chi connectivity index (χ1n) is 10.1. The highest BCUT2D eigenvalue weighted by molar-refractivity contribution is 7.80. The number of hydrogen-bond acceptors (Lipinski definition) is 4. The van der Waals surface area contributed by atoms with Crippen molar-refractivity contribution in [3.63, 3.8) is 0 Å². The molecule has 2 heterocycles. The second kappa shape index (κ2) is 8.17. The predicted octanol–water partition coefficient (Wildman–Crippen LogP) is 4.62. The topological polar surface area (TPSA) is 33.7 Å². The van der Waals surface area contributed by atoms with Crippen LogP contribution in [-0.4, -0.2) is 35.8 Å². The molecular formula is C24H28N2O2S. The van der Waals surface area contributed by atoms with E-state index in [1.165, 1.54) is 16.8 Å². The molecule has 152 valence electrons. The van der Waals surface area contributed by atoms with Crippen molar-refractivity contribution in [2.24, 2.45) is 0 Å². The average molecular weight is 409 g/mol. The molecule has 2 aliphatic rings. The van der Waals surface area contributed by atoms with Crippen LogP contribution >= 0.6 is 12.2 Å². The molecule has 2 aliphatic heterocycles. The lowest BCUT2D eigenvalue weighted by Gasteiger charge is -2.47. The lowest BCUT2D eigenvalue weighted by Crippen LogP contribution is -2.51. The second-order valence-electron chi connectivity index (χ2n) is 8.23. The van der Waals surface area contributed by atoms with Crippen molar-refractivity contribution in [2.45, 2.75) is 38.5 Å². The smallest absolute Gasteiger partial charge is 0.126 e. The highest BCUT2D eigenvalue weighted by Crippen LogP contribution is 2.38. The van der Waals surface area contributed by atoms with Crippen LogP contribution in [0.15, 0.2) is 65.9 Å². The molecule has 1 atom stereocenters. The van der Waals surface area contributed by atoms with Gasteiger partial charge >= 0.3 is 0 Å². The van der Waals surface area contributed by atoms with E-state index in [-0.39, 0.29) is 11.8 Å². The first-order chi connectivity index (χ1) is 14.0. The molecule has 0 saturated heterocycles. The Balaban J connectivity index is 1.68. The zero-order valence-electron chi connectivity index (χ0n) is 17.3. The highest BCUT2D eigenvalue weighted by Gasteiger charge is 2.38. The van der Waals surface area contributed by atoms with Crippen LogP contribution in [0.5, 0.6) is 5.75 Å². The maximum absolute atomic E-state index is 6.06. The van der Waals surface area contributed by atoms with E-state index in [1.807, 2.05) is 12.1 Å². The molecule has 0 aromatic heterocycles. The lowest BCUT2D eigenvalue weighted by atomic mass is 9.92. The van der Waals surface area contributed by atoms with E-state index in [1.54, 1.807) is 7.11 Å². The number of hydrogen-bond donors (Lipinski definition) is 1. The quantitative estimate of drug-likeness (QED) is 0.730. The van der Waals surface area contributed by atoms with Gasteiger partial charge in [-0.2, -0.15) is 0 Å².